The molecule has 0 saturated carbocycles. The summed E-state index contributed by atoms with van der Waals surface area (Å²) in [4.78, 5) is 27.1. The van der Waals surface area contributed by atoms with Crippen LogP contribution in [0, 0.1) is 0 Å². The maximum atomic E-state index is 11.7. The van der Waals surface area contributed by atoms with Gasteiger partial charge in [-0.15, -0.1) is 0 Å². The fraction of sp³-hybridized carbons (Fsp3) is 0.133. The fourth-order valence-corrected chi connectivity index (χ4v) is 2.17. The molecule has 1 heterocycles. The number of pyridine rings is 1. The first-order valence-corrected chi connectivity index (χ1v) is 7.72. The van der Waals surface area contributed by atoms with Crippen LogP contribution in [0.25, 0.3) is 0 Å². The molecule has 0 spiro atoms. The second-order valence-corrected chi connectivity index (χ2v) is 5.72. The highest BCUT2D eigenvalue weighted by Crippen LogP contribution is 2.22. The van der Waals surface area contributed by atoms with E-state index in [2.05, 4.69) is 10.3 Å². The number of benzene rings is 1. The summed E-state index contributed by atoms with van der Waals surface area (Å²) < 4.78 is 9.98. The number of rotatable bonds is 6. The van der Waals surface area contributed by atoms with Gasteiger partial charge in [-0.3, -0.25) is 4.79 Å². The Labute approximate surface area is 152 Å². The third-order valence-corrected chi connectivity index (χ3v) is 3.31. The van der Waals surface area contributed by atoms with Gasteiger partial charge in [0.1, 0.15) is 5.75 Å². The van der Waals surface area contributed by atoms with E-state index in [9.17, 15) is 9.59 Å². The Morgan fingerprint density at radius 3 is 2.58 bits per heavy atom. The van der Waals surface area contributed by atoms with Crippen molar-refractivity contribution >= 4 is 52.5 Å². The van der Waals surface area contributed by atoms with Crippen LogP contribution in [0.15, 0.2) is 36.5 Å². The maximum absolute atomic E-state index is 11.7. The third kappa shape index (κ3) is 5.88. The van der Waals surface area contributed by atoms with Crippen molar-refractivity contribution in [3.8, 4) is 5.75 Å². The van der Waals surface area contributed by atoms with Gasteiger partial charge in [-0.2, -0.15) is 0 Å². The molecular formula is C15H11Cl3N2O4. The van der Waals surface area contributed by atoms with Crippen molar-refractivity contribution < 1.29 is 19.1 Å². The van der Waals surface area contributed by atoms with Gasteiger partial charge in [-0.1, -0.05) is 40.9 Å². The molecular weight excluding hydrogens is 379 g/mol. The Bertz CT molecular complexity index is 755. The number of amides is 1. The molecule has 126 valence electrons. The largest absolute Gasteiger partial charge is 0.482 e. The second kappa shape index (κ2) is 8.73. The lowest BCUT2D eigenvalue weighted by atomic mass is 10.3. The Kier molecular flexibility index (Phi) is 6.66. The quantitative estimate of drug-likeness (QED) is 0.764. The van der Waals surface area contributed by atoms with Gasteiger partial charge in [-0.25, -0.2) is 9.78 Å². The molecule has 0 bridgehead atoms. The number of ether oxygens (including phenoxy) is 2. The first-order chi connectivity index (χ1) is 11.4. The van der Waals surface area contributed by atoms with E-state index in [4.69, 9.17) is 44.3 Å². The number of hydrogen-bond donors (Lipinski definition) is 1. The molecule has 0 aliphatic rings. The molecule has 0 radical (unpaired) electrons. The van der Waals surface area contributed by atoms with Gasteiger partial charge in [0.05, 0.1) is 10.0 Å². The number of hydrogen-bond acceptors (Lipinski definition) is 5. The molecule has 2 rings (SSSR count). The zero-order valence-corrected chi connectivity index (χ0v) is 14.4. The second-order valence-electron chi connectivity index (χ2n) is 4.44. The van der Waals surface area contributed by atoms with Crippen LogP contribution in [0.1, 0.15) is 0 Å². The lowest BCUT2D eigenvalue weighted by Crippen LogP contribution is -2.24. The Hall–Kier alpha value is -2.02. The van der Waals surface area contributed by atoms with Crippen LogP contribution in [-0.2, 0) is 14.3 Å². The minimum absolute atomic E-state index is 0.122. The van der Waals surface area contributed by atoms with E-state index >= 15 is 0 Å². The van der Waals surface area contributed by atoms with Crippen LogP contribution in [0.4, 0.5) is 5.82 Å². The number of nitrogens with zero attached hydrogens (tertiary/aromatic N) is 1. The summed E-state index contributed by atoms with van der Waals surface area (Å²) in [6.07, 6.45) is 1.33. The molecule has 0 fully saturated rings. The number of esters is 1. The fourth-order valence-electron chi connectivity index (χ4n) is 1.56. The topological polar surface area (TPSA) is 77.5 Å². The van der Waals surface area contributed by atoms with E-state index in [-0.39, 0.29) is 17.4 Å². The summed E-state index contributed by atoms with van der Waals surface area (Å²) in [5.74, 6) is -0.763. The number of halogens is 3. The summed E-state index contributed by atoms with van der Waals surface area (Å²) in [5.41, 5.74) is 0. The normalized spacial score (nSPS) is 10.1. The molecule has 1 aromatic carbocycles. The van der Waals surface area contributed by atoms with Gasteiger partial charge in [0.15, 0.2) is 19.0 Å². The summed E-state index contributed by atoms with van der Waals surface area (Å²) in [6, 6.07) is 7.97. The van der Waals surface area contributed by atoms with Crippen LogP contribution in [0.2, 0.25) is 15.1 Å². The Balaban J connectivity index is 1.75. The van der Waals surface area contributed by atoms with E-state index in [0.717, 1.165) is 0 Å². The van der Waals surface area contributed by atoms with E-state index in [1.54, 1.807) is 24.3 Å². The minimum Gasteiger partial charge on any atom is -0.482 e. The van der Waals surface area contributed by atoms with Crippen LogP contribution in [-0.4, -0.2) is 30.1 Å². The lowest BCUT2D eigenvalue weighted by molar-refractivity contribution is -0.149. The highest BCUT2D eigenvalue weighted by molar-refractivity contribution is 6.36. The van der Waals surface area contributed by atoms with Crippen molar-refractivity contribution in [2.24, 2.45) is 0 Å². The molecule has 2 aromatic rings. The van der Waals surface area contributed by atoms with Crippen molar-refractivity contribution in [2.75, 3.05) is 18.5 Å². The number of carbonyl (C=O) groups excluding carboxylic acids is 2. The van der Waals surface area contributed by atoms with Crippen molar-refractivity contribution in [3.63, 3.8) is 0 Å². The Morgan fingerprint density at radius 1 is 1.08 bits per heavy atom. The van der Waals surface area contributed by atoms with E-state index in [1.807, 2.05) is 0 Å². The van der Waals surface area contributed by atoms with E-state index in [1.165, 1.54) is 12.3 Å². The highest BCUT2D eigenvalue weighted by atomic mass is 35.5. The smallest absolute Gasteiger partial charge is 0.344 e. The van der Waals surface area contributed by atoms with Crippen LogP contribution in [0.5, 0.6) is 5.75 Å². The van der Waals surface area contributed by atoms with E-state index < -0.39 is 18.5 Å². The monoisotopic (exact) mass is 388 g/mol. The van der Waals surface area contributed by atoms with Crippen molar-refractivity contribution in [1.82, 2.24) is 4.98 Å². The number of nitrogens with one attached hydrogen (secondary N) is 1. The number of anilines is 1. The van der Waals surface area contributed by atoms with Crippen molar-refractivity contribution in [3.05, 3.63) is 51.6 Å². The predicted octanol–water partition coefficient (Wildman–Crippen LogP) is 3.60. The number of aromatic nitrogens is 1. The molecule has 0 aliphatic carbocycles. The first-order valence-electron chi connectivity index (χ1n) is 6.59. The zero-order valence-electron chi connectivity index (χ0n) is 12.1. The van der Waals surface area contributed by atoms with Crippen LogP contribution in [0.3, 0.4) is 0 Å². The molecule has 9 heteroatoms. The lowest BCUT2D eigenvalue weighted by Gasteiger charge is -2.08. The van der Waals surface area contributed by atoms with Crippen LogP contribution >= 0.6 is 34.8 Å². The minimum atomic E-state index is -0.708. The van der Waals surface area contributed by atoms with Gasteiger partial charge in [0, 0.05) is 11.2 Å². The molecule has 1 N–H and O–H groups in total. The van der Waals surface area contributed by atoms with Gasteiger partial charge in [0.25, 0.3) is 5.91 Å². The number of carbonyl (C=O) groups is 2. The summed E-state index contributed by atoms with van der Waals surface area (Å²) in [7, 11) is 0. The molecule has 6 nitrogen and oxygen atoms in total. The average Bonchev–Trinajstić information content (AvgIpc) is 2.54. The van der Waals surface area contributed by atoms with Gasteiger partial charge < -0.3 is 14.8 Å². The van der Waals surface area contributed by atoms with Gasteiger partial charge >= 0.3 is 5.97 Å². The third-order valence-electron chi connectivity index (χ3n) is 2.58. The summed E-state index contributed by atoms with van der Waals surface area (Å²) >= 11 is 17.4. The molecule has 0 atom stereocenters. The highest BCUT2D eigenvalue weighted by Gasteiger charge is 2.11. The summed E-state index contributed by atoms with van der Waals surface area (Å²) in [5, 5.41) is 3.39. The molecule has 0 aliphatic heterocycles. The molecule has 1 amide bonds. The average molecular weight is 390 g/mol. The van der Waals surface area contributed by atoms with Gasteiger partial charge in [0.2, 0.25) is 0 Å². The molecule has 24 heavy (non-hydrogen) atoms. The van der Waals surface area contributed by atoms with Crippen LogP contribution < -0.4 is 10.1 Å². The molecule has 1 aromatic heterocycles. The Morgan fingerprint density at radius 2 is 1.88 bits per heavy atom. The SMILES string of the molecule is O=C(COC(=O)COc1cccc(Cl)c1)Nc1ncc(Cl)cc1Cl. The standard InChI is InChI=1S/C15H11Cl3N2O4/c16-9-2-1-3-11(4-9)23-8-14(22)24-7-13(21)20-15-12(18)5-10(17)6-19-15/h1-6H,7-8H2,(H,19,20,21). The molecule has 0 unspecified atom stereocenters. The predicted molar refractivity (Wildman–Crippen MR) is 90.8 cm³/mol. The zero-order chi connectivity index (χ0) is 17.5. The maximum Gasteiger partial charge on any atom is 0.344 e. The first kappa shape index (κ1) is 18.3. The summed E-state index contributed by atoms with van der Waals surface area (Å²) in [6.45, 7) is -0.855. The van der Waals surface area contributed by atoms with Crippen molar-refractivity contribution in [1.29, 1.82) is 0 Å². The van der Waals surface area contributed by atoms with E-state index in [0.29, 0.717) is 15.8 Å². The molecule has 0 saturated heterocycles. The van der Waals surface area contributed by atoms with Crippen molar-refractivity contribution in [2.45, 2.75) is 0 Å². The van der Waals surface area contributed by atoms with Gasteiger partial charge in [-0.05, 0) is 24.3 Å².